The van der Waals surface area contributed by atoms with E-state index in [1.807, 2.05) is 6.07 Å². The van der Waals surface area contributed by atoms with Crippen molar-refractivity contribution in [2.45, 2.75) is 6.92 Å². The molecule has 0 bridgehead atoms. The fraction of sp³-hybridized carbons (Fsp3) is 0.364. The summed E-state index contributed by atoms with van der Waals surface area (Å²) in [6.07, 6.45) is 0. The highest BCUT2D eigenvalue weighted by Crippen LogP contribution is 2.19. The van der Waals surface area contributed by atoms with Gasteiger partial charge in [0.25, 0.3) is 0 Å². The van der Waals surface area contributed by atoms with Gasteiger partial charge in [0, 0.05) is 13.1 Å². The molecule has 0 saturated heterocycles. The molecule has 0 unspecified atom stereocenters. The minimum atomic E-state index is -3.23. The van der Waals surface area contributed by atoms with E-state index in [0.717, 1.165) is 0 Å². The molecule has 0 aromatic heterocycles. The van der Waals surface area contributed by atoms with Crippen molar-refractivity contribution in [2.75, 3.05) is 29.9 Å². The Labute approximate surface area is 107 Å². The number of hydrogen-bond acceptors (Lipinski definition) is 5. The van der Waals surface area contributed by atoms with Gasteiger partial charge in [-0.05, 0) is 18.2 Å². The maximum atomic E-state index is 11.4. The fourth-order valence-corrected chi connectivity index (χ4v) is 2.36. The number of anilines is 2. The standard InChI is InChI=1S/C11H16N4O2S/c1-2-15-18(16,17)6-5-14-11-4-3-9(8-12)7-10(11)13/h3-4,7,14-15H,2,5-6,13H2,1H3. The molecule has 7 heteroatoms. The summed E-state index contributed by atoms with van der Waals surface area (Å²) in [5.41, 5.74) is 7.25. The minimum Gasteiger partial charge on any atom is -0.397 e. The first-order valence-corrected chi connectivity index (χ1v) is 7.14. The summed E-state index contributed by atoms with van der Waals surface area (Å²) in [5, 5.41) is 11.6. The molecule has 1 aromatic carbocycles. The Bertz CT molecular complexity index is 549. The summed E-state index contributed by atoms with van der Waals surface area (Å²) in [7, 11) is -3.23. The lowest BCUT2D eigenvalue weighted by atomic mass is 10.2. The summed E-state index contributed by atoms with van der Waals surface area (Å²) in [4.78, 5) is 0. The van der Waals surface area contributed by atoms with E-state index in [-0.39, 0.29) is 12.3 Å². The molecule has 6 nitrogen and oxygen atoms in total. The van der Waals surface area contributed by atoms with Gasteiger partial charge in [-0.3, -0.25) is 0 Å². The smallest absolute Gasteiger partial charge is 0.213 e. The van der Waals surface area contributed by atoms with Crippen LogP contribution in [0.1, 0.15) is 12.5 Å². The van der Waals surface area contributed by atoms with Crippen LogP contribution in [0.25, 0.3) is 0 Å². The van der Waals surface area contributed by atoms with Gasteiger partial charge in [-0.15, -0.1) is 0 Å². The number of nitrogens with one attached hydrogen (secondary N) is 2. The zero-order valence-electron chi connectivity index (χ0n) is 10.1. The molecular weight excluding hydrogens is 252 g/mol. The minimum absolute atomic E-state index is 0.0275. The lowest BCUT2D eigenvalue weighted by Crippen LogP contribution is -2.29. The van der Waals surface area contributed by atoms with Crippen molar-refractivity contribution in [1.82, 2.24) is 4.72 Å². The number of hydrogen-bond donors (Lipinski definition) is 3. The first kappa shape index (κ1) is 14.3. The number of rotatable bonds is 6. The molecule has 0 aliphatic heterocycles. The Hall–Kier alpha value is -1.78. The molecule has 0 saturated carbocycles. The third-order valence-corrected chi connectivity index (χ3v) is 3.70. The predicted molar refractivity (Wildman–Crippen MR) is 71.5 cm³/mol. The predicted octanol–water partition coefficient (Wildman–Crippen LogP) is 0.492. The molecule has 0 fully saturated rings. The molecule has 0 spiro atoms. The fourth-order valence-electron chi connectivity index (χ4n) is 1.41. The van der Waals surface area contributed by atoms with Gasteiger partial charge in [0.1, 0.15) is 0 Å². The van der Waals surface area contributed by atoms with Crippen LogP contribution in [-0.4, -0.2) is 27.3 Å². The van der Waals surface area contributed by atoms with Gasteiger partial charge in [-0.1, -0.05) is 6.92 Å². The molecule has 0 amide bonds. The lowest BCUT2D eigenvalue weighted by molar-refractivity contribution is 0.584. The second kappa shape index (κ2) is 6.23. The van der Waals surface area contributed by atoms with Crippen LogP contribution in [0.5, 0.6) is 0 Å². The maximum Gasteiger partial charge on any atom is 0.213 e. The first-order chi connectivity index (χ1) is 8.48. The topological polar surface area (TPSA) is 108 Å². The average Bonchev–Trinajstić information content (AvgIpc) is 2.31. The molecular formula is C11H16N4O2S. The molecule has 0 aliphatic carbocycles. The Kier molecular flexibility index (Phi) is 4.95. The van der Waals surface area contributed by atoms with Gasteiger partial charge in [0.2, 0.25) is 10.0 Å². The number of sulfonamides is 1. The van der Waals surface area contributed by atoms with Crippen molar-refractivity contribution in [1.29, 1.82) is 5.26 Å². The molecule has 0 atom stereocenters. The van der Waals surface area contributed by atoms with E-state index in [0.29, 0.717) is 23.5 Å². The Morgan fingerprint density at radius 2 is 2.17 bits per heavy atom. The van der Waals surface area contributed by atoms with E-state index in [9.17, 15) is 8.42 Å². The third-order valence-electron chi connectivity index (χ3n) is 2.23. The van der Waals surface area contributed by atoms with Gasteiger partial charge in [0.05, 0.1) is 28.8 Å². The molecule has 18 heavy (non-hydrogen) atoms. The quantitative estimate of drug-likeness (QED) is 0.651. The number of nitrogen functional groups attached to an aromatic ring is 1. The van der Waals surface area contributed by atoms with Crippen LogP contribution in [0.15, 0.2) is 18.2 Å². The van der Waals surface area contributed by atoms with Crippen molar-refractivity contribution in [3.05, 3.63) is 23.8 Å². The molecule has 1 rings (SSSR count). The molecule has 0 aliphatic rings. The SMILES string of the molecule is CCNS(=O)(=O)CCNc1ccc(C#N)cc1N. The Balaban J connectivity index is 2.58. The van der Waals surface area contributed by atoms with Gasteiger partial charge < -0.3 is 11.1 Å². The molecule has 1 aromatic rings. The van der Waals surface area contributed by atoms with Crippen molar-refractivity contribution >= 4 is 21.4 Å². The van der Waals surface area contributed by atoms with Crippen molar-refractivity contribution in [3.63, 3.8) is 0 Å². The maximum absolute atomic E-state index is 11.4. The van der Waals surface area contributed by atoms with E-state index in [1.165, 1.54) is 0 Å². The number of nitriles is 1. The zero-order chi connectivity index (χ0) is 13.6. The summed E-state index contributed by atoms with van der Waals surface area (Å²) in [6, 6.07) is 6.80. The van der Waals surface area contributed by atoms with Crippen LogP contribution in [0.2, 0.25) is 0 Å². The van der Waals surface area contributed by atoms with E-state index in [4.69, 9.17) is 11.0 Å². The Morgan fingerprint density at radius 3 is 2.72 bits per heavy atom. The van der Waals surface area contributed by atoms with Crippen LogP contribution in [0, 0.1) is 11.3 Å². The van der Waals surface area contributed by atoms with Crippen LogP contribution >= 0.6 is 0 Å². The van der Waals surface area contributed by atoms with Crippen molar-refractivity contribution in [3.8, 4) is 6.07 Å². The molecule has 98 valence electrons. The van der Waals surface area contributed by atoms with E-state index >= 15 is 0 Å². The summed E-state index contributed by atoms with van der Waals surface area (Å²) in [6.45, 7) is 2.36. The van der Waals surface area contributed by atoms with Gasteiger partial charge >= 0.3 is 0 Å². The monoisotopic (exact) mass is 268 g/mol. The third kappa shape index (κ3) is 4.24. The van der Waals surface area contributed by atoms with Crippen molar-refractivity contribution in [2.24, 2.45) is 0 Å². The molecule has 4 N–H and O–H groups in total. The second-order valence-corrected chi connectivity index (χ2v) is 5.58. The van der Waals surface area contributed by atoms with Crippen LogP contribution in [0.3, 0.4) is 0 Å². The highest BCUT2D eigenvalue weighted by molar-refractivity contribution is 7.89. The van der Waals surface area contributed by atoms with Crippen LogP contribution in [-0.2, 0) is 10.0 Å². The van der Waals surface area contributed by atoms with Gasteiger partial charge in [-0.2, -0.15) is 5.26 Å². The van der Waals surface area contributed by atoms with E-state index in [1.54, 1.807) is 25.1 Å². The Morgan fingerprint density at radius 1 is 1.44 bits per heavy atom. The number of nitrogens with zero attached hydrogens (tertiary/aromatic N) is 1. The van der Waals surface area contributed by atoms with Crippen LogP contribution < -0.4 is 15.8 Å². The highest BCUT2D eigenvalue weighted by Gasteiger charge is 2.08. The average molecular weight is 268 g/mol. The molecule has 0 radical (unpaired) electrons. The van der Waals surface area contributed by atoms with Crippen LogP contribution in [0.4, 0.5) is 11.4 Å². The largest absolute Gasteiger partial charge is 0.397 e. The summed E-state index contributed by atoms with van der Waals surface area (Å²) >= 11 is 0. The van der Waals surface area contributed by atoms with E-state index < -0.39 is 10.0 Å². The first-order valence-electron chi connectivity index (χ1n) is 5.49. The van der Waals surface area contributed by atoms with Gasteiger partial charge in [0.15, 0.2) is 0 Å². The second-order valence-electron chi connectivity index (χ2n) is 3.66. The highest BCUT2D eigenvalue weighted by atomic mass is 32.2. The zero-order valence-corrected chi connectivity index (χ0v) is 10.9. The number of nitrogens with two attached hydrogens (primary N) is 1. The summed E-state index contributed by atoms with van der Waals surface area (Å²) in [5.74, 6) is -0.0275. The normalized spacial score (nSPS) is 10.9. The van der Waals surface area contributed by atoms with Crippen molar-refractivity contribution < 1.29 is 8.42 Å². The van der Waals surface area contributed by atoms with E-state index in [2.05, 4.69) is 10.0 Å². The molecule has 0 heterocycles. The lowest BCUT2D eigenvalue weighted by Gasteiger charge is -2.10. The van der Waals surface area contributed by atoms with Gasteiger partial charge in [-0.25, -0.2) is 13.1 Å². The summed E-state index contributed by atoms with van der Waals surface area (Å²) < 4.78 is 25.2. The number of benzene rings is 1.